The molecule has 0 saturated carbocycles. The van der Waals surface area contributed by atoms with Gasteiger partial charge in [0.1, 0.15) is 10.8 Å². The predicted octanol–water partition coefficient (Wildman–Crippen LogP) is 3.71. The summed E-state index contributed by atoms with van der Waals surface area (Å²) in [7, 11) is 0. The normalized spacial score (nSPS) is 12.2. The van der Waals surface area contributed by atoms with Crippen LogP contribution in [0, 0.1) is 12.7 Å². The standard InChI is InChI=1S/C16H19FN2OS/c1-4-10(2)18-15(20)9-14-11(3)19-16(21-14)12-5-7-13(17)8-6-12/h5-8,10H,4,9H2,1-3H3,(H,18,20). The number of aryl methyl sites for hydroxylation is 1. The first-order valence-electron chi connectivity index (χ1n) is 7.01. The highest BCUT2D eigenvalue weighted by molar-refractivity contribution is 7.15. The smallest absolute Gasteiger partial charge is 0.225 e. The molecule has 0 radical (unpaired) electrons. The van der Waals surface area contributed by atoms with Crippen molar-refractivity contribution in [3.8, 4) is 10.6 Å². The van der Waals surface area contributed by atoms with E-state index < -0.39 is 0 Å². The van der Waals surface area contributed by atoms with Gasteiger partial charge in [-0.15, -0.1) is 11.3 Å². The second-order valence-electron chi connectivity index (χ2n) is 5.09. The maximum atomic E-state index is 12.9. The third-order valence-electron chi connectivity index (χ3n) is 3.32. The van der Waals surface area contributed by atoms with E-state index in [9.17, 15) is 9.18 Å². The Labute approximate surface area is 128 Å². The van der Waals surface area contributed by atoms with Gasteiger partial charge in [0.15, 0.2) is 0 Å². The molecule has 2 aromatic rings. The van der Waals surface area contributed by atoms with E-state index in [0.717, 1.165) is 27.6 Å². The molecule has 0 bridgehead atoms. The fourth-order valence-electron chi connectivity index (χ4n) is 1.88. The second-order valence-corrected chi connectivity index (χ2v) is 6.17. The lowest BCUT2D eigenvalue weighted by Crippen LogP contribution is -2.33. The minimum Gasteiger partial charge on any atom is -0.353 e. The Bertz CT molecular complexity index is 622. The molecule has 112 valence electrons. The number of carbonyl (C=O) groups is 1. The van der Waals surface area contributed by atoms with E-state index in [1.54, 1.807) is 12.1 Å². The van der Waals surface area contributed by atoms with E-state index in [1.807, 2.05) is 20.8 Å². The summed E-state index contributed by atoms with van der Waals surface area (Å²) in [5, 5.41) is 3.77. The third kappa shape index (κ3) is 4.11. The zero-order valence-electron chi connectivity index (χ0n) is 12.4. The molecule has 0 aliphatic rings. The van der Waals surface area contributed by atoms with Crippen molar-refractivity contribution in [1.29, 1.82) is 0 Å². The summed E-state index contributed by atoms with van der Waals surface area (Å²) < 4.78 is 12.9. The van der Waals surface area contributed by atoms with Gasteiger partial charge in [-0.05, 0) is 44.5 Å². The lowest BCUT2D eigenvalue weighted by Gasteiger charge is -2.10. The van der Waals surface area contributed by atoms with Crippen LogP contribution in [0.2, 0.25) is 0 Å². The number of halogens is 1. The molecule has 1 aromatic carbocycles. The maximum absolute atomic E-state index is 12.9. The topological polar surface area (TPSA) is 42.0 Å². The van der Waals surface area contributed by atoms with Gasteiger partial charge in [-0.25, -0.2) is 9.37 Å². The Morgan fingerprint density at radius 1 is 1.38 bits per heavy atom. The summed E-state index contributed by atoms with van der Waals surface area (Å²) in [6, 6.07) is 6.43. The lowest BCUT2D eigenvalue weighted by atomic mass is 10.2. The Hall–Kier alpha value is -1.75. The molecule has 0 saturated heterocycles. The number of rotatable bonds is 5. The maximum Gasteiger partial charge on any atom is 0.225 e. The summed E-state index contributed by atoms with van der Waals surface area (Å²) in [5.74, 6) is -0.248. The molecule has 0 aliphatic heterocycles. The van der Waals surface area contributed by atoms with E-state index in [0.29, 0.717) is 6.42 Å². The van der Waals surface area contributed by atoms with E-state index in [-0.39, 0.29) is 17.8 Å². The van der Waals surface area contributed by atoms with Crippen LogP contribution in [0.15, 0.2) is 24.3 Å². The third-order valence-corrected chi connectivity index (χ3v) is 4.53. The average Bonchev–Trinajstić information content (AvgIpc) is 2.80. The van der Waals surface area contributed by atoms with Crippen LogP contribution in [0.1, 0.15) is 30.8 Å². The van der Waals surface area contributed by atoms with Crippen LogP contribution in [-0.4, -0.2) is 16.9 Å². The highest BCUT2D eigenvalue weighted by Gasteiger charge is 2.14. The SMILES string of the molecule is CCC(C)NC(=O)Cc1sc(-c2ccc(F)cc2)nc1C. The van der Waals surface area contributed by atoms with Gasteiger partial charge in [-0.2, -0.15) is 0 Å². The molecule has 1 N–H and O–H groups in total. The van der Waals surface area contributed by atoms with Crippen molar-refractivity contribution in [3.63, 3.8) is 0 Å². The van der Waals surface area contributed by atoms with Crippen molar-refractivity contribution in [2.24, 2.45) is 0 Å². The molecule has 3 nitrogen and oxygen atoms in total. The van der Waals surface area contributed by atoms with Gasteiger partial charge in [0, 0.05) is 16.5 Å². The summed E-state index contributed by atoms with van der Waals surface area (Å²) in [6.07, 6.45) is 1.25. The van der Waals surface area contributed by atoms with E-state index >= 15 is 0 Å². The first-order valence-corrected chi connectivity index (χ1v) is 7.82. The highest BCUT2D eigenvalue weighted by atomic mass is 32.1. The van der Waals surface area contributed by atoms with Crippen molar-refractivity contribution in [2.45, 2.75) is 39.7 Å². The quantitative estimate of drug-likeness (QED) is 0.915. The fourth-order valence-corrected chi connectivity index (χ4v) is 2.95. The highest BCUT2D eigenvalue weighted by Crippen LogP contribution is 2.28. The number of hydrogen-bond donors (Lipinski definition) is 1. The predicted molar refractivity (Wildman–Crippen MR) is 83.8 cm³/mol. The summed E-state index contributed by atoms with van der Waals surface area (Å²) in [5.41, 5.74) is 1.73. The molecule has 21 heavy (non-hydrogen) atoms. The zero-order valence-corrected chi connectivity index (χ0v) is 13.3. The summed E-state index contributed by atoms with van der Waals surface area (Å²) in [4.78, 5) is 17.4. The largest absolute Gasteiger partial charge is 0.353 e. The van der Waals surface area contributed by atoms with Gasteiger partial charge < -0.3 is 5.32 Å². The van der Waals surface area contributed by atoms with Crippen molar-refractivity contribution in [3.05, 3.63) is 40.7 Å². The van der Waals surface area contributed by atoms with Gasteiger partial charge in [-0.1, -0.05) is 6.92 Å². The number of amides is 1. The summed E-state index contributed by atoms with van der Waals surface area (Å²) in [6.45, 7) is 5.92. The monoisotopic (exact) mass is 306 g/mol. The van der Waals surface area contributed by atoms with Gasteiger partial charge in [0.05, 0.1) is 12.1 Å². The number of hydrogen-bond acceptors (Lipinski definition) is 3. The van der Waals surface area contributed by atoms with E-state index in [2.05, 4.69) is 10.3 Å². The van der Waals surface area contributed by atoms with Crippen molar-refractivity contribution in [1.82, 2.24) is 10.3 Å². The number of carbonyl (C=O) groups excluding carboxylic acids is 1. The minimum absolute atomic E-state index is 0.0155. The lowest BCUT2D eigenvalue weighted by molar-refractivity contribution is -0.121. The molecule has 0 spiro atoms. The van der Waals surface area contributed by atoms with Gasteiger partial charge in [-0.3, -0.25) is 4.79 Å². The van der Waals surface area contributed by atoms with Crippen LogP contribution < -0.4 is 5.32 Å². The van der Waals surface area contributed by atoms with Crippen LogP contribution in [0.3, 0.4) is 0 Å². The minimum atomic E-state index is -0.264. The molecule has 1 atom stereocenters. The van der Waals surface area contributed by atoms with E-state index in [1.165, 1.54) is 23.5 Å². The molecule has 5 heteroatoms. The average molecular weight is 306 g/mol. The molecule has 1 heterocycles. The van der Waals surface area contributed by atoms with Gasteiger partial charge >= 0.3 is 0 Å². The van der Waals surface area contributed by atoms with Crippen LogP contribution >= 0.6 is 11.3 Å². The Balaban J connectivity index is 2.12. The molecular weight excluding hydrogens is 287 g/mol. The van der Waals surface area contributed by atoms with Crippen LogP contribution in [-0.2, 0) is 11.2 Å². The molecule has 1 unspecified atom stereocenters. The summed E-state index contributed by atoms with van der Waals surface area (Å²) >= 11 is 1.49. The number of nitrogens with one attached hydrogen (secondary N) is 1. The first-order chi connectivity index (χ1) is 9.99. The van der Waals surface area contributed by atoms with Crippen molar-refractivity contribution >= 4 is 17.2 Å². The molecule has 2 rings (SSSR count). The second kappa shape index (κ2) is 6.80. The van der Waals surface area contributed by atoms with Gasteiger partial charge in [0.25, 0.3) is 0 Å². The van der Waals surface area contributed by atoms with Crippen LogP contribution in [0.25, 0.3) is 10.6 Å². The number of benzene rings is 1. The van der Waals surface area contributed by atoms with E-state index in [4.69, 9.17) is 0 Å². The Morgan fingerprint density at radius 3 is 2.67 bits per heavy atom. The van der Waals surface area contributed by atoms with Crippen molar-refractivity contribution < 1.29 is 9.18 Å². The fraction of sp³-hybridized carbons (Fsp3) is 0.375. The van der Waals surface area contributed by atoms with Crippen LogP contribution in [0.4, 0.5) is 4.39 Å². The molecule has 0 aliphatic carbocycles. The number of thiazole rings is 1. The Morgan fingerprint density at radius 2 is 2.05 bits per heavy atom. The first kappa shape index (κ1) is 15.6. The van der Waals surface area contributed by atoms with Gasteiger partial charge in [0.2, 0.25) is 5.91 Å². The molecular formula is C16H19FN2OS. The number of nitrogens with zero attached hydrogens (tertiary/aromatic N) is 1. The molecule has 1 amide bonds. The Kier molecular flexibility index (Phi) is 5.07. The van der Waals surface area contributed by atoms with Crippen LogP contribution in [0.5, 0.6) is 0 Å². The van der Waals surface area contributed by atoms with Crippen molar-refractivity contribution in [2.75, 3.05) is 0 Å². The molecule has 0 fully saturated rings. The molecule has 1 aromatic heterocycles. The number of aromatic nitrogens is 1. The zero-order chi connectivity index (χ0) is 15.4.